The van der Waals surface area contributed by atoms with Gasteiger partial charge in [-0.15, -0.1) is 0 Å². The lowest BCUT2D eigenvalue weighted by Crippen LogP contribution is -2.09. The monoisotopic (exact) mass is 288 g/mol. The van der Waals surface area contributed by atoms with E-state index in [2.05, 4.69) is 11.3 Å². The summed E-state index contributed by atoms with van der Waals surface area (Å²) in [5.41, 5.74) is 4.63. The summed E-state index contributed by atoms with van der Waals surface area (Å²) in [5, 5.41) is 9.46. The molecule has 0 unspecified atom stereocenters. The Hall–Kier alpha value is -2.36. The van der Waals surface area contributed by atoms with E-state index in [9.17, 15) is 14.7 Å². The molecule has 21 heavy (non-hydrogen) atoms. The second kappa shape index (κ2) is 6.39. The van der Waals surface area contributed by atoms with Gasteiger partial charge in [0.1, 0.15) is 0 Å². The van der Waals surface area contributed by atoms with Gasteiger partial charge in [-0.25, -0.2) is 9.59 Å². The number of benzene rings is 1. The second-order valence-corrected chi connectivity index (χ2v) is 4.94. The zero-order chi connectivity index (χ0) is 16.3. The zero-order valence-corrected chi connectivity index (χ0v) is 13.0. The number of hydrogen-bond acceptors (Lipinski definition) is 3. The third kappa shape index (κ3) is 3.21. The van der Waals surface area contributed by atoms with Crippen LogP contribution < -0.4 is 0 Å². The molecule has 0 saturated carbocycles. The summed E-state index contributed by atoms with van der Waals surface area (Å²) in [7, 11) is 1.27. The van der Waals surface area contributed by atoms with Gasteiger partial charge >= 0.3 is 11.9 Å². The molecule has 1 rings (SSSR count). The highest BCUT2D eigenvalue weighted by Crippen LogP contribution is 2.28. The highest BCUT2D eigenvalue weighted by atomic mass is 16.5. The number of rotatable bonds is 4. The Bertz CT molecular complexity index is 651. The molecule has 0 aromatic heterocycles. The molecule has 0 atom stereocenters. The number of methoxy groups -OCH3 is 1. The first-order valence-corrected chi connectivity index (χ1v) is 6.51. The van der Waals surface area contributed by atoms with Crippen molar-refractivity contribution in [3.8, 4) is 0 Å². The molecule has 0 heterocycles. The Labute approximate surface area is 124 Å². The van der Waals surface area contributed by atoms with Crippen molar-refractivity contribution in [2.75, 3.05) is 7.11 Å². The first-order chi connectivity index (χ1) is 9.72. The van der Waals surface area contributed by atoms with Crippen molar-refractivity contribution >= 4 is 18.0 Å². The Balaban J connectivity index is 3.49. The van der Waals surface area contributed by atoms with Crippen LogP contribution in [-0.2, 0) is 9.53 Å². The van der Waals surface area contributed by atoms with Gasteiger partial charge in [0.15, 0.2) is 0 Å². The maximum Gasteiger partial charge on any atom is 0.337 e. The van der Waals surface area contributed by atoms with E-state index in [0.29, 0.717) is 5.56 Å². The molecule has 0 saturated heterocycles. The number of carbonyl (C=O) groups is 2. The SMILES string of the molecule is C=C(C=Cc1c(C)c(C)c(C)c(C)c1C(=O)O)C(=O)OC. The molecular formula is C17H20O4. The van der Waals surface area contributed by atoms with E-state index < -0.39 is 11.9 Å². The van der Waals surface area contributed by atoms with Gasteiger partial charge in [0, 0.05) is 0 Å². The molecule has 0 spiro atoms. The third-order valence-corrected chi connectivity index (χ3v) is 3.85. The quantitative estimate of drug-likeness (QED) is 0.524. The van der Waals surface area contributed by atoms with Crippen LogP contribution in [0.15, 0.2) is 18.2 Å². The van der Waals surface area contributed by atoms with Gasteiger partial charge in [0.05, 0.1) is 18.2 Å². The lowest BCUT2D eigenvalue weighted by molar-refractivity contribution is -0.135. The van der Waals surface area contributed by atoms with Crippen LogP contribution in [0, 0.1) is 27.7 Å². The van der Waals surface area contributed by atoms with Crippen LogP contribution in [0.4, 0.5) is 0 Å². The lowest BCUT2D eigenvalue weighted by Gasteiger charge is -2.16. The van der Waals surface area contributed by atoms with Gasteiger partial charge in [-0.1, -0.05) is 12.7 Å². The summed E-state index contributed by atoms with van der Waals surface area (Å²) < 4.78 is 4.57. The Kier molecular flexibility index (Phi) is 5.08. The topological polar surface area (TPSA) is 63.6 Å². The maximum absolute atomic E-state index is 11.5. The van der Waals surface area contributed by atoms with Crippen molar-refractivity contribution < 1.29 is 19.4 Å². The molecule has 1 aromatic carbocycles. The summed E-state index contributed by atoms with van der Waals surface area (Å²) in [6.45, 7) is 11.1. The highest BCUT2D eigenvalue weighted by molar-refractivity contribution is 5.97. The fraction of sp³-hybridized carbons (Fsp3) is 0.294. The number of carbonyl (C=O) groups excluding carboxylic acids is 1. The van der Waals surface area contributed by atoms with E-state index in [1.54, 1.807) is 13.0 Å². The van der Waals surface area contributed by atoms with Crippen molar-refractivity contribution in [3.05, 3.63) is 51.6 Å². The average Bonchev–Trinajstić information content (AvgIpc) is 2.45. The standard InChI is InChI=1S/C17H20O4/c1-9(17(20)21-6)7-8-14-12(4)10(2)11(3)13(5)15(14)16(18)19/h7-8H,1H2,2-6H3,(H,18,19). The summed E-state index contributed by atoms with van der Waals surface area (Å²) in [6.07, 6.45) is 3.09. The van der Waals surface area contributed by atoms with E-state index in [1.165, 1.54) is 13.2 Å². The molecule has 0 bridgehead atoms. The van der Waals surface area contributed by atoms with Crippen molar-refractivity contribution in [2.24, 2.45) is 0 Å². The molecule has 1 aromatic rings. The van der Waals surface area contributed by atoms with Crippen molar-refractivity contribution in [1.29, 1.82) is 0 Å². The number of carboxylic acids is 1. The minimum atomic E-state index is -0.984. The summed E-state index contributed by atoms with van der Waals surface area (Å²) in [4.78, 5) is 22.9. The van der Waals surface area contributed by atoms with Crippen LogP contribution >= 0.6 is 0 Å². The minimum absolute atomic E-state index is 0.170. The molecule has 4 nitrogen and oxygen atoms in total. The molecule has 0 aliphatic heterocycles. The first kappa shape index (κ1) is 16.7. The molecule has 0 amide bonds. The fourth-order valence-corrected chi connectivity index (χ4v) is 2.21. The van der Waals surface area contributed by atoms with E-state index in [0.717, 1.165) is 22.3 Å². The van der Waals surface area contributed by atoms with Crippen LogP contribution in [0.2, 0.25) is 0 Å². The molecule has 1 N–H and O–H groups in total. The van der Waals surface area contributed by atoms with Gasteiger partial charge in [-0.05, 0) is 61.6 Å². The maximum atomic E-state index is 11.5. The molecule has 4 heteroatoms. The fourth-order valence-electron chi connectivity index (χ4n) is 2.21. The van der Waals surface area contributed by atoms with Crippen LogP contribution in [0.5, 0.6) is 0 Å². The van der Waals surface area contributed by atoms with Gasteiger partial charge < -0.3 is 9.84 Å². The number of carboxylic acid groups (broad SMARTS) is 1. The molecule has 0 aliphatic carbocycles. The molecular weight excluding hydrogens is 268 g/mol. The normalized spacial score (nSPS) is 10.7. The average molecular weight is 288 g/mol. The predicted molar refractivity (Wildman–Crippen MR) is 82.5 cm³/mol. The van der Waals surface area contributed by atoms with Gasteiger partial charge in [-0.2, -0.15) is 0 Å². The summed E-state index contributed by atoms with van der Waals surface area (Å²) >= 11 is 0. The van der Waals surface area contributed by atoms with Gasteiger partial charge in [-0.3, -0.25) is 0 Å². The summed E-state index contributed by atoms with van der Waals surface area (Å²) in [5.74, 6) is -1.52. The number of aromatic carboxylic acids is 1. The number of esters is 1. The van der Waals surface area contributed by atoms with E-state index in [4.69, 9.17) is 0 Å². The number of hydrogen-bond donors (Lipinski definition) is 1. The van der Waals surface area contributed by atoms with E-state index in [1.807, 2.05) is 20.8 Å². The minimum Gasteiger partial charge on any atom is -0.478 e. The van der Waals surface area contributed by atoms with Crippen molar-refractivity contribution in [1.82, 2.24) is 0 Å². The number of ether oxygens (including phenoxy) is 1. The smallest absolute Gasteiger partial charge is 0.337 e. The second-order valence-electron chi connectivity index (χ2n) is 4.94. The molecule has 0 radical (unpaired) electrons. The van der Waals surface area contributed by atoms with Crippen LogP contribution in [-0.4, -0.2) is 24.2 Å². The Morgan fingerprint density at radius 2 is 1.57 bits per heavy atom. The van der Waals surface area contributed by atoms with Crippen LogP contribution in [0.25, 0.3) is 6.08 Å². The van der Waals surface area contributed by atoms with Gasteiger partial charge in [0.25, 0.3) is 0 Å². The Morgan fingerprint density at radius 3 is 2.05 bits per heavy atom. The van der Waals surface area contributed by atoms with Gasteiger partial charge in [0.2, 0.25) is 0 Å². The Morgan fingerprint density at radius 1 is 1.05 bits per heavy atom. The molecule has 0 aliphatic rings. The highest BCUT2D eigenvalue weighted by Gasteiger charge is 2.18. The largest absolute Gasteiger partial charge is 0.478 e. The van der Waals surface area contributed by atoms with E-state index >= 15 is 0 Å². The van der Waals surface area contributed by atoms with Crippen LogP contribution in [0.3, 0.4) is 0 Å². The van der Waals surface area contributed by atoms with Crippen LogP contribution in [0.1, 0.15) is 38.2 Å². The predicted octanol–water partition coefficient (Wildman–Crippen LogP) is 3.36. The van der Waals surface area contributed by atoms with E-state index in [-0.39, 0.29) is 11.1 Å². The summed E-state index contributed by atoms with van der Waals surface area (Å²) in [6, 6.07) is 0. The molecule has 0 fully saturated rings. The van der Waals surface area contributed by atoms with Crippen molar-refractivity contribution in [3.63, 3.8) is 0 Å². The zero-order valence-electron chi connectivity index (χ0n) is 13.0. The lowest BCUT2D eigenvalue weighted by atomic mass is 9.88. The molecule has 112 valence electrons. The third-order valence-electron chi connectivity index (χ3n) is 3.85. The van der Waals surface area contributed by atoms with Crippen molar-refractivity contribution in [2.45, 2.75) is 27.7 Å². The first-order valence-electron chi connectivity index (χ1n) is 6.51.